The summed E-state index contributed by atoms with van der Waals surface area (Å²) in [5, 5.41) is 9.68. The maximum atomic E-state index is 12.8. The Labute approximate surface area is 321 Å². The summed E-state index contributed by atoms with van der Waals surface area (Å²) >= 11 is 0. The van der Waals surface area contributed by atoms with Gasteiger partial charge in [-0.1, -0.05) is 27.7 Å². The maximum Gasteiger partial charge on any atom is 0.417 e. The molecular formula is C42H69F3O9. The minimum Gasteiger partial charge on any atom is -0.462 e. The molecule has 5 aliphatic rings. The lowest BCUT2D eigenvalue weighted by molar-refractivity contribution is -0.276. The molecule has 1 N–H and O–H groups in total. The van der Waals surface area contributed by atoms with Crippen molar-refractivity contribution in [2.75, 3.05) is 0 Å². The molecule has 4 saturated carbocycles. The average molecular weight is 775 g/mol. The van der Waals surface area contributed by atoms with Crippen LogP contribution in [0.3, 0.4) is 0 Å². The Morgan fingerprint density at radius 1 is 0.759 bits per heavy atom. The molecule has 1 saturated heterocycles. The van der Waals surface area contributed by atoms with Crippen molar-refractivity contribution in [1.29, 1.82) is 0 Å². The first-order valence-corrected chi connectivity index (χ1v) is 20.5. The number of hydrogen-bond donors (Lipinski definition) is 1. The molecule has 9 nitrogen and oxygen atoms in total. The first-order chi connectivity index (χ1) is 24.8. The van der Waals surface area contributed by atoms with Gasteiger partial charge in [0.05, 0.1) is 22.2 Å². The molecule has 0 amide bonds. The summed E-state index contributed by atoms with van der Waals surface area (Å²) in [4.78, 5) is 47.7. The zero-order chi connectivity index (χ0) is 41.1. The van der Waals surface area contributed by atoms with Gasteiger partial charge < -0.3 is 24.1 Å². The van der Waals surface area contributed by atoms with Gasteiger partial charge in [-0.2, -0.15) is 13.2 Å². The van der Waals surface area contributed by atoms with Crippen LogP contribution in [0.1, 0.15) is 166 Å². The normalized spacial score (nSPS) is 29.8. The Bertz CT molecular complexity index is 1310. The number of hydrogen-bond acceptors (Lipinski definition) is 9. The monoisotopic (exact) mass is 774 g/mol. The highest BCUT2D eigenvalue weighted by atomic mass is 19.4. The Morgan fingerprint density at radius 3 is 1.70 bits per heavy atom. The molecule has 0 aromatic rings. The molecule has 2 bridgehead atoms. The zero-order valence-electron chi connectivity index (χ0n) is 34.8. The molecule has 5 fully saturated rings. The SMILES string of the molecule is CCC(C)(C)C(=O)OC1C2CC3C(=O)OC1C3C2.CCC(C)(C)C(=O)OC1CCC(C(C)(O)C(F)(F)F)CC1.CCC1(OC(=O)C(C)(C)CC)CCCC1. The van der Waals surface area contributed by atoms with Gasteiger partial charge in [-0.3, -0.25) is 19.2 Å². The molecule has 312 valence electrons. The molecule has 0 radical (unpaired) electrons. The van der Waals surface area contributed by atoms with Gasteiger partial charge in [0.1, 0.15) is 23.9 Å². The van der Waals surface area contributed by atoms with Crippen LogP contribution in [0.25, 0.3) is 0 Å². The van der Waals surface area contributed by atoms with E-state index in [0.29, 0.717) is 31.1 Å². The van der Waals surface area contributed by atoms with Crippen LogP contribution in [0.5, 0.6) is 0 Å². The average Bonchev–Trinajstić information content (AvgIpc) is 3.88. The zero-order valence-corrected chi connectivity index (χ0v) is 34.8. The number of ether oxygens (including phenoxy) is 4. The van der Waals surface area contributed by atoms with Crippen LogP contribution in [-0.4, -0.2) is 64.7 Å². The van der Waals surface area contributed by atoms with E-state index in [2.05, 4.69) is 6.92 Å². The van der Waals surface area contributed by atoms with Gasteiger partial charge in [-0.05, 0) is 144 Å². The first kappa shape index (κ1) is 46.0. The van der Waals surface area contributed by atoms with Crippen molar-refractivity contribution in [3.63, 3.8) is 0 Å². The summed E-state index contributed by atoms with van der Waals surface area (Å²) in [5.74, 6) is -0.716. The second kappa shape index (κ2) is 17.4. The molecule has 54 heavy (non-hydrogen) atoms. The van der Waals surface area contributed by atoms with Crippen molar-refractivity contribution >= 4 is 23.9 Å². The second-order valence-electron chi connectivity index (χ2n) is 18.6. The van der Waals surface area contributed by atoms with Crippen LogP contribution < -0.4 is 0 Å². The molecule has 6 atom stereocenters. The van der Waals surface area contributed by atoms with Gasteiger partial charge in [0.2, 0.25) is 0 Å². The van der Waals surface area contributed by atoms with Crippen molar-refractivity contribution in [3.8, 4) is 0 Å². The Kier molecular flexibility index (Phi) is 14.8. The fourth-order valence-corrected chi connectivity index (χ4v) is 7.95. The Morgan fingerprint density at radius 2 is 1.24 bits per heavy atom. The van der Waals surface area contributed by atoms with Crippen molar-refractivity contribution in [2.24, 2.45) is 39.9 Å². The molecule has 0 aromatic carbocycles. The third-order valence-electron chi connectivity index (χ3n) is 13.8. The van der Waals surface area contributed by atoms with Crippen molar-refractivity contribution in [1.82, 2.24) is 0 Å². The number of carbonyl (C=O) groups is 4. The predicted molar refractivity (Wildman–Crippen MR) is 198 cm³/mol. The number of fused-ring (bicyclic) bond motifs is 1. The van der Waals surface area contributed by atoms with E-state index in [9.17, 15) is 37.5 Å². The summed E-state index contributed by atoms with van der Waals surface area (Å²) in [7, 11) is 0. The minimum absolute atomic E-state index is 0.0197. The van der Waals surface area contributed by atoms with E-state index in [-0.39, 0.29) is 72.0 Å². The number of aliphatic hydroxyl groups is 1. The van der Waals surface area contributed by atoms with Gasteiger partial charge in [-0.15, -0.1) is 0 Å². The van der Waals surface area contributed by atoms with E-state index < -0.39 is 28.5 Å². The smallest absolute Gasteiger partial charge is 0.417 e. The van der Waals surface area contributed by atoms with E-state index in [1.165, 1.54) is 12.8 Å². The summed E-state index contributed by atoms with van der Waals surface area (Å²) in [6.07, 6.45) is 5.30. The summed E-state index contributed by atoms with van der Waals surface area (Å²) in [5.41, 5.74) is -4.17. The summed E-state index contributed by atoms with van der Waals surface area (Å²) in [6, 6.07) is 0. The fraction of sp³-hybridized carbons (Fsp3) is 0.905. The highest BCUT2D eigenvalue weighted by molar-refractivity contribution is 5.78. The Balaban J connectivity index is 0.000000221. The van der Waals surface area contributed by atoms with Crippen LogP contribution >= 0.6 is 0 Å². The molecule has 5 rings (SSSR count). The lowest BCUT2D eigenvalue weighted by atomic mass is 9.76. The Hall–Kier alpha value is -2.37. The van der Waals surface area contributed by atoms with E-state index >= 15 is 0 Å². The largest absolute Gasteiger partial charge is 0.462 e. The molecule has 0 spiro atoms. The molecule has 6 unspecified atom stereocenters. The van der Waals surface area contributed by atoms with Gasteiger partial charge >= 0.3 is 30.1 Å². The predicted octanol–water partition coefficient (Wildman–Crippen LogP) is 9.44. The molecule has 12 heteroatoms. The van der Waals surface area contributed by atoms with Gasteiger partial charge in [0.25, 0.3) is 0 Å². The highest BCUT2D eigenvalue weighted by Gasteiger charge is 2.63. The summed E-state index contributed by atoms with van der Waals surface area (Å²) < 4.78 is 60.6. The maximum absolute atomic E-state index is 12.8. The third kappa shape index (κ3) is 10.3. The number of carbonyl (C=O) groups excluding carboxylic acids is 4. The summed E-state index contributed by atoms with van der Waals surface area (Å²) in [6.45, 7) is 20.1. The second-order valence-corrected chi connectivity index (χ2v) is 18.6. The minimum atomic E-state index is -4.63. The number of rotatable bonds is 11. The standard InChI is InChI=1S/C15H25F3O3.C14H20O4.C13H24O2/c1-5-13(2,3)12(19)21-11-8-6-10(7-9-11)14(4,20)15(16,17)18;1-4-14(2,3)13(16)18-10-7-5-8-9(6-7)12(15)17-11(8)10;1-5-12(3,4)11(14)15-13(6-2)9-7-8-10-13/h10-11,20H,5-9H2,1-4H3;7-11H,4-6H2,1-3H3;5-10H2,1-4H3. The van der Waals surface area contributed by atoms with Crippen LogP contribution in [0, 0.1) is 39.9 Å². The number of halogens is 3. The van der Waals surface area contributed by atoms with Gasteiger partial charge in [0, 0.05) is 11.8 Å². The van der Waals surface area contributed by atoms with E-state index in [1.807, 2.05) is 48.5 Å². The molecule has 1 aliphatic heterocycles. The first-order valence-electron chi connectivity index (χ1n) is 20.5. The number of esters is 4. The fourth-order valence-electron chi connectivity index (χ4n) is 7.95. The van der Waals surface area contributed by atoms with Crippen molar-refractivity contribution < 1.29 is 56.4 Å². The van der Waals surface area contributed by atoms with Gasteiger partial charge in [0.15, 0.2) is 5.60 Å². The van der Waals surface area contributed by atoms with Crippen LogP contribution in [0.15, 0.2) is 0 Å². The van der Waals surface area contributed by atoms with E-state index in [1.54, 1.807) is 13.8 Å². The van der Waals surface area contributed by atoms with E-state index in [4.69, 9.17) is 18.9 Å². The van der Waals surface area contributed by atoms with E-state index in [0.717, 1.165) is 51.9 Å². The van der Waals surface area contributed by atoms with Crippen molar-refractivity contribution in [3.05, 3.63) is 0 Å². The van der Waals surface area contributed by atoms with Gasteiger partial charge in [-0.25, -0.2) is 0 Å². The molecule has 1 heterocycles. The number of alkyl halides is 3. The lowest BCUT2D eigenvalue weighted by Gasteiger charge is -2.39. The lowest BCUT2D eigenvalue weighted by Crippen LogP contribution is -2.50. The third-order valence-corrected chi connectivity index (χ3v) is 13.8. The van der Waals surface area contributed by atoms with Crippen LogP contribution in [0.4, 0.5) is 13.2 Å². The van der Waals surface area contributed by atoms with Crippen LogP contribution in [0.2, 0.25) is 0 Å². The molecule has 0 aromatic heterocycles. The van der Waals surface area contributed by atoms with Crippen LogP contribution in [-0.2, 0) is 38.1 Å². The van der Waals surface area contributed by atoms with Crippen molar-refractivity contribution in [2.45, 2.75) is 202 Å². The molecule has 4 aliphatic carbocycles. The highest BCUT2D eigenvalue weighted by Crippen LogP contribution is 2.55. The topological polar surface area (TPSA) is 125 Å². The molecular weight excluding hydrogens is 705 g/mol. The quantitative estimate of drug-likeness (QED) is 0.161.